The molecule has 0 saturated carbocycles. The smallest absolute Gasteiger partial charge is 0.308 e. The van der Waals surface area contributed by atoms with Crippen LogP contribution in [0.15, 0.2) is 36.4 Å². The molecule has 0 spiro atoms. The first-order valence-corrected chi connectivity index (χ1v) is 6.52. The molecule has 0 radical (unpaired) electrons. The van der Waals surface area contributed by atoms with Gasteiger partial charge in [-0.2, -0.15) is 0 Å². The van der Waals surface area contributed by atoms with Crippen molar-refractivity contribution < 1.29 is 18.0 Å². The van der Waals surface area contributed by atoms with Crippen LogP contribution in [0.25, 0.3) is 0 Å². The molecule has 0 heterocycles. The largest absolute Gasteiger partial charge is 0.323 e. The van der Waals surface area contributed by atoms with E-state index in [1.54, 1.807) is 24.3 Å². The van der Waals surface area contributed by atoms with E-state index in [9.17, 15) is 18.0 Å². The summed E-state index contributed by atoms with van der Waals surface area (Å²) in [5.74, 6) is -4.38. The highest BCUT2D eigenvalue weighted by molar-refractivity contribution is 14.1. The van der Waals surface area contributed by atoms with Gasteiger partial charge in [0.25, 0.3) is 0 Å². The van der Waals surface area contributed by atoms with E-state index in [1.807, 2.05) is 0 Å². The van der Waals surface area contributed by atoms with Gasteiger partial charge in [0.15, 0.2) is 17.5 Å². The Kier molecular flexibility index (Phi) is 4.48. The lowest BCUT2D eigenvalue weighted by molar-refractivity contribution is 0.262. The van der Waals surface area contributed by atoms with Crippen molar-refractivity contribution in [2.24, 2.45) is 0 Å². The first-order chi connectivity index (χ1) is 9.47. The summed E-state index contributed by atoms with van der Waals surface area (Å²) in [5, 5.41) is 4.55. The van der Waals surface area contributed by atoms with Gasteiger partial charge in [0.05, 0.1) is 5.69 Å². The molecule has 7 heteroatoms. The van der Waals surface area contributed by atoms with Crippen LogP contribution in [-0.4, -0.2) is 6.03 Å². The summed E-state index contributed by atoms with van der Waals surface area (Å²) in [4.78, 5) is 11.6. The molecule has 0 aliphatic heterocycles. The molecule has 0 aliphatic rings. The fourth-order valence-corrected chi connectivity index (χ4v) is 1.80. The van der Waals surface area contributed by atoms with Crippen LogP contribution in [0.5, 0.6) is 0 Å². The predicted octanol–water partition coefficient (Wildman–Crippen LogP) is 4.35. The number of hydrogen-bond acceptors (Lipinski definition) is 1. The molecule has 2 amide bonds. The molecule has 104 valence electrons. The van der Waals surface area contributed by atoms with Crippen molar-refractivity contribution in [2.75, 3.05) is 10.6 Å². The summed E-state index contributed by atoms with van der Waals surface area (Å²) >= 11 is 2.10. The van der Waals surface area contributed by atoms with Crippen LogP contribution in [0.2, 0.25) is 0 Å². The normalized spacial score (nSPS) is 10.2. The number of carbonyl (C=O) groups excluding carboxylic acids is 1. The van der Waals surface area contributed by atoms with Crippen LogP contribution >= 0.6 is 22.6 Å². The van der Waals surface area contributed by atoms with E-state index in [0.717, 1.165) is 15.7 Å². The van der Waals surface area contributed by atoms with Crippen LogP contribution in [0, 0.1) is 21.0 Å². The lowest BCUT2D eigenvalue weighted by atomic mass is 10.3. The van der Waals surface area contributed by atoms with Crippen molar-refractivity contribution in [1.29, 1.82) is 0 Å². The number of anilines is 2. The van der Waals surface area contributed by atoms with Crippen molar-refractivity contribution in [1.82, 2.24) is 0 Å². The van der Waals surface area contributed by atoms with Gasteiger partial charge in [-0.1, -0.05) is 0 Å². The number of rotatable bonds is 2. The zero-order valence-electron chi connectivity index (χ0n) is 9.88. The number of benzene rings is 2. The highest BCUT2D eigenvalue weighted by atomic mass is 127. The maximum Gasteiger partial charge on any atom is 0.323 e. The highest BCUT2D eigenvalue weighted by Gasteiger charge is 2.15. The van der Waals surface area contributed by atoms with Gasteiger partial charge in [-0.15, -0.1) is 0 Å². The zero-order valence-corrected chi connectivity index (χ0v) is 12.0. The molecule has 2 aromatic rings. The van der Waals surface area contributed by atoms with Crippen LogP contribution in [-0.2, 0) is 0 Å². The molecule has 2 aromatic carbocycles. The van der Waals surface area contributed by atoms with E-state index in [2.05, 4.69) is 33.2 Å². The molecule has 2 rings (SSSR count). The van der Waals surface area contributed by atoms with Crippen LogP contribution in [0.1, 0.15) is 0 Å². The number of nitrogens with one attached hydrogen (secondary N) is 2. The second-order valence-corrected chi connectivity index (χ2v) is 5.05. The average molecular weight is 392 g/mol. The first-order valence-electron chi connectivity index (χ1n) is 5.44. The SMILES string of the molecule is O=C(Nc1ccc(I)cc1)Nc1ccc(F)c(F)c1F. The summed E-state index contributed by atoms with van der Waals surface area (Å²) in [6.07, 6.45) is 0. The summed E-state index contributed by atoms with van der Waals surface area (Å²) in [7, 11) is 0. The molecule has 0 bridgehead atoms. The van der Waals surface area contributed by atoms with Crippen molar-refractivity contribution in [3.63, 3.8) is 0 Å². The Morgan fingerprint density at radius 1 is 0.900 bits per heavy atom. The number of amides is 2. The Hall–Kier alpha value is -1.77. The number of hydrogen-bond donors (Lipinski definition) is 2. The van der Waals surface area contributed by atoms with Crippen molar-refractivity contribution >= 4 is 40.0 Å². The van der Waals surface area contributed by atoms with Gasteiger partial charge in [-0.3, -0.25) is 0 Å². The molecular formula is C13H8F3IN2O. The Labute approximate surface area is 126 Å². The van der Waals surface area contributed by atoms with E-state index >= 15 is 0 Å². The average Bonchev–Trinajstić information content (AvgIpc) is 2.42. The van der Waals surface area contributed by atoms with Crippen molar-refractivity contribution in [3.05, 3.63) is 57.4 Å². The molecule has 0 aromatic heterocycles. The maximum atomic E-state index is 13.4. The molecule has 0 atom stereocenters. The van der Waals surface area contributed by atoms with Crippen LogP contribution in [0.4, 0.5) is 29.3 Å². The quantitative estimate of drug-likeness (QED) is 0.579. The van der Waals surface area contributed by atoms with Crippen molar-refractivity contribution in [3.8, 4) is 0 Å². The van der Waals surface area contributed by atoms with Gasteiger partial charge in [-0.25, -0.2) is 18.0 Å². The third-order valence-electron chi connectivity index (χ3n) is 2.39. The lowest BCUT2D eigenvalue weighted by Gasteiger charge is -2.09. The highest BCUT2D eigenvalue weighted by Crippen LogP contribution is 2.20. The summed E-state index contributed by atoms with van der Waals surface area (Å²) in [6.45, 7) is 0. The Morgan fingerprint density at radius 2 is 1.55 bits per heavy atom. The van der Waals surface area contributed by atoms with Gasteiger partial charge in [0, 0.05) is 9.26 Å². The van der Waals surface area contributed by atoms with E-state index in [-0.39, 0.29) is 0 Å². The lowest BCUT2D eigenvalue weighted by Crippen LogP contribution is -2.20. The molecule has 2 N–H and O–H groups in total. The van der Waals surface area contributed by atoms with Gasteiger partial charge >= 0.3 is 6.03 Å². The Bertz CT molecular complexity index is 647. The zero-order chi connectivity index (χ0) is 14.7. The fourth-order valence-electron chi connectivity index (χ4n) is 1.44. The topological polar surface area (TPSA) is 41.1 Å². The number of halogens is 4. The fraction of sp³-hybridized carbons (Fsp3) is 0. The van der Waals surface area contributed by atoms with Gasteiger partial charge in [0.2, 0.25) is 0 Å². The standard InChI is InChI=1S/C13H8F3IN2O/c14-9-5-6-10(12(16)11(9)15)19-13(20)18-8-3-1-7(17)2-4-8/h1-6H,(H2,18,19,20). The minimum Gasteiger partial charge on any atom is -0.308 e. The molecule has 3 nitrogen and oxygen atoms in total. The second-order valence-electron chi connectivity index (χ2n) is 3.81. The van der Waals surface area contributed by atoms with E-state index in [1.165, 1.54) is 0 Å². The minimum atomic E-state index is -1.63. The summed E-state index contributed by atoms with van der Waals surface area (Å²) in [6, 6.07) is 7.78. The molecule has 0 fully saturated rings. The van der Waals surface area contributed by atoms with E-state index in [4.69, 9.17) is 0 Å². The van der Waals surface area contributed by atoms with Gasteiger partial charge in [0.1, 0.15) is 0 Å². The number of carbonyl (C=O) groups is 1. The van der Waals surface area contributed by atoms with E-state index < -0.39 is 29.2 Å². The predicted molar refractivity (Wildman–Crippen MR) is 78.1 cm³/mol. The Balaban J connectivity index is 2.08. The van der Waals surface area contributed by atoms with Crippen LogP contribution in [0.3, 0.4) is 0 Å². The summed E-state index contributed by atoms with van der Waals surface area (Å²) < 4.78 is 40.1. The minimum absolute atomic E-state index is 0.438. The first kappa shape index (κ1) is 14.6. The third kappa shape index (κ3) is 3.41. The Morgan fingerprint density at radius 3 is 2.20 bits per heavy atom. The van der Waals surface area contributed by atoms with E-state index in [0.29, 0.717) is 5.69 Å². The molecular weight excluding hydrogens is 384 g/mol. The molecule has 0 saturated heterocycles. The third-order valence-corrected chi connectivity index (χ3v) is 3.10. The summed E-state index contributed by atoms with van der Waals surface area (Å²) in [5.41, 5.74) is 0.0535. The van der Waals surface area contributed by atoms with Gasteiger partial charge in [-0.05, 0) is 59.0 Å². The molecule has 0 unspecified atom stereocenters. The second kappa shape index (κ2) is 6.12. The molecule has 0 aliphatic carbocycles. The van der Waals surface area contributed by atoms with Gasteiger partial charge < -0.3 is 10.6 Å². The van der Waals surface area contributed by atoms with Crippen molar-refractivity contribution in [2.45, 2.75) is 0 Å². The number of urea groups is 1. The molecule has 20 heavy (non-hydrogen) atoms. The maximum absolute atomic E-state index is 13.4. The van der Waals surface area contributed by atoms with Crippen LogP contribution < -0.4 is 10.6 Å². The monoisotopic (exact) mass is 392 g/mol.